The van der Waals surface area contributed by atoms with Gasteiger partial charge in [0.1, 0.15) is 0 Å². The maximum atomic E-state index is 10.7. The minimum Gasteiger partial charge on any atom is -0.349 e. The third kappa shape index (κ3) is 3.96. The van der Waals surface area contributed by atoms with Crippen molar-refractivity contribution in [3.63, 3.8) is 0 Å². The first-order valence-electron chi connectivity index (χ1n) is 3.02. The highest BCUT2D eigenvalue weighted by molar-refractivity contribution is 5.88. The SMILES string of the molecule is C=C(CC)C(=O)ONC(N)=O. The molecule has 5 nitrogen and oxygen atoms in total. The fraction of sp³-hybridized carbons (Fsp3) is 0.333. The van der Waals surface area contributed by atoms with Crippen molar-refractivity contribution in [3.8, 4) is 0 Å². The molecule has 62 valence electrons. The molecule has 0 heterocycles. The summed E-state index contributed by atoms with van der Waals surface area (Å²) in [7, 11) is 0. The summed E-state index contributed by atoms with van der Waals surface area (Å²) in [4.78, 5) is 24.9. The van der Waals surface area contributed by atoms with Crippen LogP contribution in [0.1, 0.15) is 13.3 Å². The lowest BCUT2D eigenvalue weighted by Crippen LogP contribution is -2.32. The van der Waals surface area contributed by atoms with Gasteiger partial charge in [0, 0.05) is 5.57 Å². The van der Waals surface area contributed by atoms with Crippen LogP contribution < -0.4 is 11.2 Å². The van der Waals surface area contributed by atoms with Crippen molar-refractivity contribution in [2.24, 2.45) is 5.73 Å². The number of urea groups is 1. The predicted octanol–water partition coefficient (Wildman–Crippen LogP) is 0.0791. The van der Waals surface area contributed by atoms with Crippen LogP contribution in [0.3, 0.4) is 0 Å². The molecular formula is C6H10N2O3. The van der Waals surface area contributed by atoms with Gasteiger partial charge < -0.3 is 10.6 Å². The number of carbonyl (C=O) groups excluding carboxylic acids is 2. The molecule has 0 atom stereocenters. The third-order valence-electron chi connectivity index (χ3n) is 0.960. The first-order chi connectivity index (χ1) is 5.07. The van der Waals surface area contributed by atoms with Crippen LogP contribution in [-0.2, 0) is 9.63 Å². The van der Waals surface area contributed by atoms with Crippen molar-refractivity contribution < 1.29 is 14.4 Å². The molecule has 0 aliphatic heterocycles. The standard InChI is InChI=1S/C6H10N2O3/c1-3-4(2)5(9)11-8-6(7)10/h2-3H2,1H3,(H3,7,8,10). The van der Waals surface area contributed by atoms with Crippen molar-refractivity contribution in [1.82, 2.24) is 5.48 Å². The molecule has 0 bridgehead atoms. The lowest BCUT2D eigenvalue weighted by molar-refractivity contribution is -0.143. The minimum absolute atomic E-state index is 0.277. The van der Waals surface area contributed by atoms with Gasteiger partial charge in [0.25, 0.3) is 0 Å². The Morgan fingerprint density at radius 3 is 2.55 bits per heavy atom. The summed E-state index contributed by atoms with van der Waals surface area (Å²) in [6.45, 7) is 5.13. The number of carbonyl (C=O) groups is 2. The fourth-order valence-corrected chi connectivity index (χ4v) is 0.313. The van der Waals surface area contributed by atoms with Gasteiger partial charge in [-0.15, -0.1) is 0 Å². The Bertz CT molecular complexity index is 188. The lowest BCUT2D eigenvalue weighted by atomic mass is 10.2. The van der Waals surface area contributed by atoms with Crippen molar-refractivity contribution in [2.45, 2.75) is 13.3 Å². The number of hydrogen-bond donors (Lipinski definition) is 2. The van der Waals surface area contributed by atoms with E-state index in [0.29, 0.717) is 6.42 Å². The maximum absolute atomic E-state index is 10.7. The second-order valence-electron chi connectivity index (χ2n) is 1.81. The van der Waals surface area contributed by atoms with Crippen molar-refractivity contribution in [1.29, 1.82) is 0 Å². The molecule has 0 aliphatic rings. The first kappa shape index (κ1) is 9.48. The van der Waals surface area contributed by atoms with Gasteiger partial charge in [0.05, 0.1) is 0 Å². The molecule has 0 radical (unpaired) electrons. The van der Waals surface area contributed by atoms with Gasteiger partial charge in [-0.25, -0.2) is 9.59 Å². The van der Waals surface area contributed by atoms with Crippen LogP contribution >= 0.6 is 0 Å². The van der Waals surface area contributed by atoms with E-state index in [4.69, 9.17) is 0 Å². The topological polar surface area (TPSA) is 81.4 Å². The third-order valence-corrected chi connectivity index (χ3v) is 0.960. The van der Waals surface area contributed by atoms with Crippen LogP contribution in [0.4, 0.5) is 4.79 Å². The van der Waals surface area contributed by atoms with E-state index in [2.05, 4.69) is 17.2 Å². The van der Waals surface area contributed by atoms with Crippen molar-refractivity contribution >= 4 is 12.0 Å². The van der Waals surface area contributed by atoms with E-state index in [0.717, 1.165) is 0 Å². The summed E-state index contributed by atoms with van der Waals surface area (Å²) < 4.78 is 0. The highest BCUT2D eigenvalue weighted by Crippen LogP contribution is 1.97. The van der Waals surface area contributed by atoms with Crippen LogP contribution in [0.25, 0.3) is 0 Å². The summed E-state index contributed by atoms with van der Waals surface area (Å²) in [6, 6.07) is -0.915. The Balaban J connectivity index is 3.70. The summed E-state index contributed by atoms with van der Waals surface area (Å²) in [6.07, 6.45) is 0.472. The van der Waals surface area contributed by atoms with Gasteiger partial charge in [-0.3, -0.25) is 0 Å². The predicted molar refractivity (Wildman–Crippen MR) is 38.2 cm³/mol. The van der Waals surface area contributed by atoms with Gasteiger partial charge in [-0.2, -0.15) is 5.48 Å². The molecule has 2 amide bonds. The van der Waals surface area contributed by atoms with E-state index >= 15 is 0 Å². The average Bonchev–Trinajstić information content (AvgIpc) is 1.98. The number of hydrogen-bond acceptors (Lipinski definition) is 3. The molecule has 0 aromatic rings. The Kier molecular flexibility index (Phi) is 3.72. The fourth-order valence-electron chi connectivity index (χ4n) is 0.313. The van der Waals surface area contributed by atoms with Crippen LogP contribution in [0, 0.1) is 0 Å². The number of hydroxylamine groups is 1. The minimum atomic E-state index is -0.915. The Hall–Kier alpha value is -1.52. The average molecular weight is 158 g/mol. The smallest absolute Gasteiger partial charge is 0.349 e. The molecule has 0 rings (SSSR count). The summed E-state index contributed by atoms with van der Waals surface area (Å²) >= 11 is 0. The Morgan fingerprint density at radius 2 is 2.18 bits per heavy atom. The van der Waals surface area contributed by atoms with Crippen LogP contribution in [0.2, 0.25) is 0 Å². The molecule has 5 heteroatoms. The largest absolute Gasteiger partial charge is 0.358 e. The van der Waals surface area contributed by atoms with E-state index in [9.17, 15) is 9.59 Å². The Morgan fingerprint density at radius 1 is 1.64 bits per heavy atom. The van der Waals surface area contributed by atoms with E-state index < -0.39 is 12.0 Å². The van der Waals surface area contributed by atoms with Gasteiger partial charge in [0.2, 0.25) is 0 Å². The van der Waals surface area contributed by atoms with E-state index in [-0.39, 0.29) is 5.57 Å². The number of amides is 2. The molecule has 0 aliphatic carbocycles. The first-order valence-corrected chi connectivity index (χ1v) is 3.02. The highest BCUT2D eigenvalue weighted by atomic mass is 16.7. The Labute approximate surface area is 64.2 Å². The second kappa shape index (κ2) is 4.32. The van der Waals surface area contributed by atoms with Crippen LogP contribution in [-0.4, -0.2) is 12.0 Å². The van der Waals surface area contributed by atoms with Gasteiger partial charge in [0.15, 0.2) is 0 Å². The quantitative estimate of drug-likeness (QED) is 0.441. The monoisotopic (exact) mass is 158 g/mol. The molecule has 0 unspecified atom stereocenters. The zero-order valence-electron chi connectivity index (χ0n) is 6.22. The number of nitrogens with one attached hydrogen (secondary N) is 1. The molecular weight excluding hydrogens is 148 g/mol. The van der Waals surface area contributed by atoms with Gasteiger partial charge in [-0.1, -0.05) is 13.5 Å². The van der Waals surface area contributed by atoms with E-state index in [1.807, 2.05) is 0 Å². The summed E-state index contributed by atoms with van der Waals surface area (Å²) in [5.74, 6) is -0.675. The maximum Gasteiger partial charge on any atom is 0.358 e. The molecule has 0 saturated heterocycles. The summed E-state index contributed by atoms with van der Waals surface area (Å²) in [5.41, 5.74) is 6.59. The van der Waals surface area contributed by atoms with Crippen LogP contribution in [0.15, 0.2) is 12.2 Å². The van der Waals surface area contributed by atoms with E-state index in [1.165, 1.54) is 0 Å². The van der Waals surface area contributed by atoms with Crippen LogP contribution in [0.5, 0.6) is 0 Å². The normalized spacial score (nSPS) is 8.45. The molecule has 0 fully saturated rings. The summed E-state index contributed by atoms with van der Waals surface area (Å²) in [5, 5.41) is 0. The molecule has 11 heavy (non-hydrogen) atoms. The van der Waals surface area contributed by atoms with Crippen molar-refractivity contribution in [3.05, 3.63) is 12.2 Å². The molecule has 0 spiro atoms. The number of nitrogens with two attached hydrogens (primary N) is 1. The van der Waals surface area contributed by atoms with Gasteiger partial charge in [-0.05, 0) is 6.42 Å². The zero-order valence-corrected chi connectivity index (χ0v) is 6.22. The number of rotatable bonds is 2. The lowest BCUT2D eigenvalue weighted by Gasteiger charge is -2.02. The van der Waals surface area contributed by atoms with Crippen molar-refractivity contribution in [2.75, 3.05) is 0 Å². The van der Waals surface area contributed by atoms with Gasteiger partial charge >= 0.3 is 12.0 Å². The number of primary amides is 1. The molecule has 0 saturated carbocycles. The molecule has 0 aromatic heterocycles. The molecule has 3 N–H and O–H groups in total. The molecule has 0 aromatic carbocycles. The second-order valence-corrected chi connectivity index (χ2v) is 1.81. The van der Waals surface area contributed by atoms with E-state index in [1.54, 1.807) is 12.4 Å². The zero-order chi connectivity index (χ0) is 8.85. The highest BCUT2D eigenvalue weighted by Gasteiger charge is 2.06.